The summed E-state index contributed by atoms with van der Waals surface area (Å²) < 4.78 is 0. The smallest absolute Gasteiger partial charge is 0.234 e. The van der Waals surface area contributed by atoms with Crippen molar-refractivity contribution in [1.82, 2.24) is 15.1 Å². The van der Waals surface area contributed by atoms with E-state index in [1.54, 1.807) is 0 Å². The van der Waals surface area contributed by atoms with Gasteiger partial charge >= 0.3 is 0 Å². The highest BCUT2D eigenvalue weighted by Gasteiger charge is 2.28. The topological polar surface area (TPSA) is 55.8 Å². The molecule has 1 saturated heterocycles. The molecule has 0 aromatic rings. The highest BCUT2D eigenvalue weighted by atomic mass is 16.3. The van der Waals surface area contributed by atoms with E-state index in [4.69, 9.17) is 5.11 Å². The Hall–Kier alpha value is -0.650. The van der Waals surface area contributed by atoms with Crippen LogP contribution in [0.1, 0.15) is 46.0 Å². The van der Waals surface area contributed by atoms with Gasteiger partial charge in [0.05, 0.1) is 13.2 Å². The standard InChI is InChI=1S/C19H37N3O2/c1-15-5-4-6-18(16(15)2)20-19(24)14-21(3)13-17-7-9-22(10-8-17)11-12-23/h15-18,23H,4-14H2,1-3H3,(H,20,24)/t15-,16-,18-/m1/s1. The Kier molecular flexibility index (Phi) is 7.98. The third-order valence-electron chi connectivity index (χ3n) is 6.16. The van der Waals surface area contributed by atoms with Crippen LogP contribution in [0.4, 0.5) is 0 Å². The van der Waals surface area contributed by atoms with E-state index >= 15 is 0 Å². The largest absolute Gasteiger partial charge is 0.395 e. The monoisotopic (exact) mass is 339 g/mol. The quantitative estimate of drug-likeness (QED) is 0.739. The van der Waals surface area contributed by atoms with E-state index < -0.39 is 0 Å². The number of hydrogen-bond donors (Lipinski definition) is 2. The first-order valence-electron chi connectivity index (χ1n) is 9.80. The van der Waals surface area contributed by atoms with Gasteiger partial charge in [-0.3, -0.25) is 9.69 Å². The number of aliphatic hydroxyl groups is 1. The molecule has 5 nitrogen and oxygen atoms in total. The number of nitrogens with one attached hydrogen (secondary N) is 1. The molecule has 0 bridgehead atoms. The maximum atomic E-state index is 12.4. The van der Waals surface area contributed by atoms with Gasteiger partial charge in [-0.15, -0.1) is 0 Å². The Labute approximate surface area is 147 Å². The van der Waals surface area contributed by atoms with E-state index in [0.29, 0.717) is 30.3 Å². The Morgan fingerprint density at radius 2 is 1.92 bits per heavy atom. The van der Waals surface area contributed by atoms with Crippen LogP contribution in [0.2, 0.25) is 0 Å². The molecule has 2 rings (SSSR count). The summed E-state index contributed by atoms with van der Waals surface area (Å²) in [5, 5.41) is 12.3. The fourth-order valence-corrected chi connectivity index (χ4v) is 4.32. The second kappa shape index (κ2) is 9.73. The van der Waals surface area contributed by atoms with Gasteiger partial charge in [-0.05, 0) is 57.2 Å². The molecule has 0 aromatic carbocycles. The number of likely N-dealkylation sites (tertiary alicyclic amines) is 1. The highest BCUT2D eigenvalue weighted by Crippen LogP contribution is 2.29. The summed E-state index contributed by atoms with van der Waals surface area (Å²) in [7, 11) is 2.06. The molecule has 0 unspecified atom stereocenters. The van der Waals surface area contributed by atoms with E-state index in [1.807, 2.05) is 0 Å². The minimum Gasteiger partial charge on any atom is -0.395 e. The average Bonchev–Trinajstić information content (AvgIpc) is 2.54. The van der Waals surface area contributed by atoms with Crippen molar-refractivity contribution in [3.8, 4) is 0 Å². The Morgan fingerprint density at radius 1 is 1.21 bits per heavy atom. The number of piperidine rings is 1. The van der Waals surface area contributed by atoms with Gasteiger partial charge in [-0.25, -0.2) is 0 Å². The van der Waals surface area contributed by atoms with Crippen LogP contribution in [0.15, 0.2) is 0 Å². The van der Waals surface area contributed by atoms with E-state index in [9.17, 15) is 4.79 Å². The second-order valence-corrected chi connectivity index (χ2v) is 8.15. The molecule has 1 saturated carbocycles. The molecular formula is C19H37N3O2. The molecule has 2 N–H and O–H groups in total. The minimum absolute atomic E-state index is 0.182. The van der Waals surface area contributed by atoms with Crippen molar-refractivity contribution < 1.29 is 9.90 Å². The summed E-state index contributed by atoms with van der Waals surface area (Å²) in [6.07, 6.45) is 6.00. The molecule has 140 valence electrons. The SMILES string of the molecule is C[C@@H]1[C@H](C)CCC[C@H]1NC(=O)CN(C)CC1CCN(CCO)CC1. The van der Waals surface area contributed by atoms with Gasteiger partial charge in [0.1, 0.15) is 0 Å². The lowest BCUT2D eigenvalue weighted by Gasteiger charge is -2.35. The first-order valence-corrected chi connectivity index (χ1v) is 9.80. The summed E-state index contributed by atoms with van der Waals surface area (Å²) in [6, 6.07) is 0.358. The summed E-state index contributed by atoms with van der Waals surface area (Å²) in [5.74, 6) is 2.15. The Morgan fingerprint density at radius 3 is 2.58 bits per heavy atom. The van der Waals surface area contributed by atoms with E-state index in [1.165, 1.54) is 25.7 Å². The molecular weight excluding hydrogens is 302 g/mol. The van der Waals surface area contributed by atoms with Crippen LogP contribution in [-0.4, -0.2) is 73.2 Å². The van der Waals surface area contributed by atoms with Crippen molar-refractivity contribution >= 4 is 5.91 Å². The predicted molar refractivity (Wildman–Crippen MR) is 97.9 cm³/mol. The summed E-state index contributed by atoms with van der Waals surface area (Å²) >= 11 is 0. The van der Waals surface area contributed by atoms with Gasteiger partial charge in [0.15, 0.2) is 0 Å². The zero-order valence-corrected chi connectivity index (χ0v) is 15.8. The average molecular weight is 340 g/mol. The van der Waals surface area contributed by atoms with Crippen LogP contribution < -0.4 is 5.32 Å². The number of β-amino-alcohol motifs (C(OH)–C–C–N with tert-alkyl or cyclic N) is 1. The number of carbonyl (C=O) groups is 1. The Bertz CT molecular complexity index is 383. The third kappa shape index (κ3) is 6.01. The van der Waals surface area contributed by atoms with Crippen molar-refractivity contribution in [3.63, 3.8) is 0 Å². The fourth-order valence-electron chi connectivity index (χ4n) is 4.32. The molecule has 1 amide bonds. The van der Waals surface area contributed by atoms with Crippen LogP contribution in [-0.2, 0) is 4.79 Å². The minimum atomic E-state index is 0.182. The molecule has 0 radical (unpaired) electrons. The zero-order chi connectivity index (χ0) is 17.5. The lowest BCUT2D eigenvalue weighted by molar-refractivity contribution is -0.123. The van der Waals surface area contributed by atoms with Crippen molar-refractivity contribution in [2.75, 3.05) is 46.4 Å². The maximum absolute atomic E-state index is 12.4. The third-order valence-corrected chi connectivity index (χ3v) is 6.16. The molecule has 2 aliphatic rings. The number of aliphatic hydroxyl groups excluding tert-OH is 1. The van der Waals surface area contributed by atoms with Gasteiger partial charge in [0.2, 0.25) is 5.91 Å². The molecule has 2 fully saturated rings. The number of nitrogens with zero attached hydrogens (tertiary/aromatic N) is 2. The number of carbonyl (C=O) groups excluding carboxylic acids is 1. The maximum Gasteiger partial charge on any atom is 0.234 e. The second-order valence-electron chi connectivity index (χ2n) is 8.15. The first-order chi connectivity index (χ1) is 11.5. The van der Waals surface area contributed by atoms with Crippen molar-refractivity contribution in [2.45, 2.75) is 52.0 Å². The summed E-state index contributed by atoms with van der Waals surface area (Å²) in [6.45, 7) is 9.28. The molecule has 1 aliphatic heterocycles. The molecule has 3 atom stereocenters. The van der Waals surface area contributed by atoms with Gasteiger partial charge < -0.3 is 15.3 Å². The summed E-state index contributed by atoms with van der Waals surface area (Å²) in [5.41, 5.74) is 0. The highest BCUT2D eigenvalue weighted by molar-refractivity contribution is 5.78. The number of rotatable bonds is 7. The van der Waals surface area contributed by atoms with Crippen LogP contribution >= 0.6 is 0 Å². The molecule has 1 heterocycles. The molecule has 24 heavy (non-hydrogen) atoms. The number of hydrogen-bond acceptors (Lipinski definition) is 4. The van der Waals surface area contributed by atoms with Gasteiger partial charge in [-0.2, -0.15) is 0 Å². The molecule has 5 heteroatoms. The van der Waals surface area contributed by atoms with Crippen LogP contribution in [0, 0.1) is 17.8 Å². The predicted octanol–water partition coefficient (Wildman–Crippen LogP) is 1.56. The fraction of sp³-hybridized carbons (Fsp3) is 0.947. The van der Waals surface area contributed by atoms with Gasteiger partial charge in [-0.1, -0.05) is 26.7 Å². The Balaban J connectivity index is 1.66. The van der Waals surface area contributed by atoms with E-state index in [2.05, 4.69) is 36.0 Å². The van der Waals surface area contributed by atoms with Crippen molar-refractivity contribution in [2.24, 2.45) is 17.8 Å². The van der Waals surface area contributed by atoms with Gasteiger partial charge in [0, 0.05) is 19.1 Å². The molecule has 0 aromatic heterocycles. The number of amides is 1. The van der Waals surface area contributed by atoms with Gasteiger partial charge in [0.25, 0.3) is 0 Å². The number of likely N-dealkylation sites (N-methyl/N-ethyl adjacent to an activating group) is 1. The normalized spacial score (nSPS) is 29.8. The van der Waals surface area contributed by atoms with E-state index in [0.717, 1.165) is 32.6 Å². The van der Waals surface area contributed by atoms with Crippen LogP contribution in [0.5, 0.6) is 0 Å². The van der Waals surface area contributed by atoms with Crippen LogP contribution in [0.3, 0.4) is 0 Å². The van der Waals surface area contributed by atoms with Crippen LogP contribution in [0.25, 0.3) is 0 Å². The lowest BCUT2D eigenvalue weighted by atomic mass is 9.78. The first kappa shape index (κ1) is 19.7. The zero-order valence-electron chi connectivity index (χ0n) is 15.8. The van der Waals surface area contributed by atoms with Crippen molar-refractivity contribution in [1.29, 1.82) is 0 Å². The molecule has 0 spiro atoms. The summed E-state index contributed by atoms with van der Waals surface area (Å²) in [4.78, 5) is 16.9. The lowest BCUT2D eigenvalue weighted by Crippen LogP contribution is -2.47. The van der Waals surface area contributed by atoms with E-state index in [-0.39, 0.29) is 12.5 Å². The molecule has 1 aliphatic carbocycles. The van der Waals surface area contributed by atoms with Crippen molar-refractivity contribution in [3.05, 3.63) is 0 Å².